The highest BCUT2D eigenvalue weighted by Crippen LogP contribution is 2.23. The Morgan fingerprint density at radius 2 is 2.14 bits per heavy atom. The van der Waals surface area contributed by atoms with Crippen LogP contribution in [0, 0.1) is 19.8 Å². The van der Waals surface area contributed by atoms with Crippen molar-refractivity contribution in [2.45, 2.75) is 59.5 Å². The van der Waals surface area contributed by atoms with Gasteiger partial charge in [-0.2, -0.15) is 0 Å². The van der Waals surface area contributed by atoms with Crippen LogP contribution < -0.4 is 5.32 Å². The highest BCUT2D eigenvalue weighted by molar-refractivity contribution is 5.20. The van der Waals surface area contributed by atoms with Gasteiger partial charge in [-0.3, -0.25) is 0 Å². The third-order valence-corrected chi connectivity index (χ3v) is 4.51. The van der Waals surface area contributed by atoms with E-state index in [1.165, 1.54) is 12.0 Å². The summed E-state index contributed by atoms with van der Waals surface area (Å²) in [6.07, 6.45) is 2.20. The standard InChI is InChI=1S/C16H25N5O/c1-10(2)16-19-18-15-6-5-13(9-21(15)16)7-17-8-14-11(3)20-22-12(14)4/h10,13,17H,5-9H2,1-4H3/t13-/m0/s1. The van der Waals surface area contributed by atoms with E-state index in [1.54, 1.807) is 0 Å². The Hall–Kier alpha value is -1.69. The third kappa shape index (κ3) is 2.92. The molecule has 3 rings (SSSR count). The second-order valence-corrected chi connectivity index (χ2v) is 6.58. The van der Waals surface area contributed by atoms with Crippen molar-refractivity contribution in [1.29, 1.82) is 0 Å². The van der Waals surface area contributed by atoms with Crippen molar-refractivity contribution >= 4 is 0 Å². The molecule has 2 aromatic rings. The molecular weight excluding hydrogens is 278 g/mol. The molecule has 0 spiro atoms. The maximum Gasteiger partial charge on any atom is 0.138 e. The molecule has 0 amide bonds. The average molecular weight is 303 g/mol. The summed E-state index contributed by atoms with van der Waals surface area (Å²) in [7, 11) is 0. The van der Waals surface area contributed by atoms with E-state index in [0.717, 1.165) is 49.2 Å². The minimum atomic E-state index is 0.426. The molecule has 1 aliphatic rings. The summed E-state index contributed by atoms with van der Waals surface area (Å²) in [4.78, 5) is 0. The Kier molecular flexibility index (Phi) is 4.29. The van der Waals surface area contributed by atoms with Gasteiger partial charge in [0, 0.05) is 31.0 Å². The minimum absolute atomic E-state index is 0.426. The van der Waals surface area contributed by atoms with Gasteiger partial charge in [-0.05, 0) is 32.7 Å². The number of aromatic nitrogens is 4. The number of nitrogens with one attached hydrogen (secondary N) is 1. The van der Waals surface area contributed by atoms with Crippen molar-refractivity contribution in [1.82, 2.24) is 25.2 Å². The summed E-state index contributed by atoms with van der Waals surface area (Å²) in [6.45, 7) is 11.2. The summed E-state index contributed by atoms with van der Waals surface area (Å²) in [5.41, 5.74) is 2.17. The summed E-state index contributed by atoms with van der Waals surface area (Å²) in [5.74, 6) is 4.23. The van der Waals surface area contributed by atoms with E-state index in [2.05, 4.69) is 39.1 Å². The van der Waals surface area contributed by atoms with Gasteiger partial charge in [0.15, 0.2) is 0 Å². The molecule has 6 heteroatoms. The van der Waals surface area contributed by atoms with Crippen LogP contribution in [0.1, 0.15) is 54.9 Å². The lowest BCUT2D eigenvalue weighted by molar-refractivity contribution is 0.339. The lowest BCUT2D eigenvalue weighted by Gasteiger charge is -2.25. The highest BCUT2D eigenvalue weighted by Gasteiger charge is 2.23. The highest BCUT2D eigenvalue weighted by atomic mass is 16.5. The van der Waals surface area contributed by atoms with Gasteiger partial charge in [-0.25, -0.2) is 0 Å². The monoisotopic (exact) mass is 303 g/mol. The second kappa shape index (κ2) is 6.20. The van der Waals surface area contributed by atoms with Crippen molar-refractivity contribution in [3.05, 3.63) is 28.7 Å². The molecule has 1 N–H and O–H groups in total. The zero-order valence-corrected chi connectivity index (χ0v) is 13.9. The predicted octanol–water partition coefficient (Wildman–Crippen LogP) is 2.36. The predicted molar refractivity (Wildman–Crippen MR) is 83.6 cm³/mol. The van der Waals surface area contributed by atoms with Crippen LogP contribution in [0.2, 0.25) is 0 Å². The molecule has 0 saturated heterocycles. The van der Waals surface area contributed by atoms with Crippen molar-refractivity contribution < 1.29 is 4.52 Å². The molecule has 22 heavy (non-hydrogen) atoms. The van der Waals surface area contributed by atoms with Crippen molar-refractivity contribution in [2.24, 2.45) is 5.92 Å². The quantitative estimate of drug-likeness (QED) is 0.918. The summed E-state index contributed by atoms with van der Waals surface area (Å²) >= 11 is 0. The zero-order valence-electron chi connectivity index (χ0n) is 13.9. The fraction of sp³-hybridized carbons (Fsp3) is 0.688. The van der Waals surface area contributed by atoms with Gasteiger partial charge in [0.25, 0.3) is 0 Å². The van der Waals surface area contributed by atoms with E-state index in [4.69, 9.17) is 4.52 Å². The number of nitrogens with zero attached hydrogens (tertiary/aromatic N) is 4. The molecule has 0 bridgehead atoms. The van der Waals surface area contributed by atoms with Gasteiger partial charge in [-0.15, -0.1) is 10.2 Å². The van der Waals surface area contributed by atoms with Crippen LogP contribution in [0.4, 0.5) is 0 Å². The Morgan fingerprint density at radius 1 is 1.32 bits per heavy atom. The van der Waals surface area contributed by atoms with Crippen LogP contribution in [-0.4, -0.2) is 26.5 Å². The molecule has 1 atom stereocenters. The number of hydrogen-bond donors (Lipinski definition) is 1. The number of rotatable bonds is 5. The Morgan fingerprint density at radius 3 is 2.82 bits per heavy atom. The summed E-state index contributed by atoms with van der Waals surface area (Å²) < 4.78 is 7.52. The first-order valence-electron chi connectivity index (χ1n) is 8.10. The fourth-order valence-corrected chi connectivity index (χ4v) is 3.17. The van der Waals surface area contributed by atoms with Crippen LogP contribution >= 0.6 is 0 Å². The maximum absolute atomic E-state index is 5.21. The first-order valence-corrected chi connectivity index (χ1v) is 8.10. The molecule has 0 aliphatic carbocycles. The number of hydrogen-bond acceptors (Lipinski definition) is 5. The van der Waals surface area contributed by atoms with Gasteiger partial charge in [-0.1, -0.05) is 19.0 Å². The first kappa shape index (κ1) is 15.2. The molecule has 0 aromatic carbocycles. The van der Waals surface area contributed by atoms with Crippen molar-refractivity contribution in [3.8, 4) is 0 Å². The normalized spacial score (nSPS) is 18.0. The van der Waals surface area contributed by atoms with Crippen LogP contribution in [0.3, 0.4) is 0 Å². The molecule has 0 saturated carbocycles. The van der Waals surface area contributed by atoms with Crippen molar-refractivity contribution in [3.63, 3.8) is 0 Å². The summed E-state index contributed by atoms with van der Waals surface area (Å²) in [5, 5.41) is 16.2. The molecule has 3 heterocycles. The van der Waals surface area contributed by atoms with Gasteiger partial charge >= 0.3 is 0 Å². The molecule has 120 valence electrons. The van der Waals surface area contributed by atoms with Gasteiger partial charge in [0.1, 0.15) is 17.4 Å². The van der Waals surface area contributed by atoms with E-state index >= 15 is 0 Å². The maximum atomic E-state index is 5.21. The van der Waals surface area contributed by atoms with Gasteiger partial charge in [0.2, 0.25) is 0 Å². The molecule has 0 radical (unpaired) electrons. The van der Waals surface area contributed by atoms with Crippen LogP contribution in [-0.2, 0) is 19.5 Å². The largest absolute Gasteiger partial charge is 0.361 e. The SMILES string of the molecule is Cc1noc(C)c1CNC[C@@H]1CCc2nnc(C(C)C)n2C1. The third-order valence-electron chi connectivity index (χ3n) is 4.51. The van der Waals surface area contributed by atoms with E-state index in [9.17, 15) is 0 Å². The smallest absolute Gasteiger partial charge is 0.138 e. The van der Waals surface area contributed by atoms with E-state index < -0.39 is 0 Å². The average Bonchev–Trinajstić information content (AvgIpc) is 3.04. The molecular formula is C16H25N5O. The summed E-state index contributed by atoms with van der Waals surface area (Å²) in [6, 6.07) is 0. The van der Waals surface area contributed by atoms with E-state index in [0.29, 0.717) is 11.8 Å². The topological polar surface area (TPSA) is 68.8 Å². The Balaban J connectivity index is 1.58. The van der Waals surface area contributed by atoms with Crippen molar-refractivity contribution in [2.75, 3.05) is 6.54 Å². The molecule has 0 fully saturated rings. The number of aryl methyl sites for hydroxylation is 3. The zero-order chi connectivity index (χ0) is 15.7. The molecule has 0 unspecified atom stereocenters. The van der Waals surface area contributed by atoms with Gasteiger partial charge in [0.05, 0.1) is 5.69 Å². The molecule has 6 nitrogen and oxygen atoms in total. The van der Waals surface area contributed by atoms with Gasteiger partial charge < -0.3 is 14.4 Å². The Labute approximate surface area is 131 Å². The van der Waals surface area contributed by atoms with Crippen LogP contribution in [0.5, 0.6) is 0 Å². The minimum Gasteiger partial charge on any atom is -0.361 e. The van der Waals surface area contributed by atoms with E-state index in [-0.39, 0.29) is 0 Å². The van der Waals surface area contributed by atoms with E-state index in [1.807, 2.05) is 13.8 Å². The molecule has 2 aromatic heterocycles. The lowest BCUT2D eigenvalue weighted by atomic mass is 9.98. The van der Waals surface area contributed by atoms with Crippen LogP contribution in [0.25, 0.3) is 0 Å². The molecule has 1 aliphatic heterocycles. The second-order valence-electron chi connectivity index (χ2n) is 6.58. The first-order chi connectivity index (χ1) is 10.6. The Bertz CT molecular complexity index is 624. The fourth-order valence-electron chi connectivity index (χ4n) is 3.17. The lowest BCUT2D eigenvalue weighted by Crippen LogP contribution is -2.31. The number of fused-ring (bicyclic) bond motifs is 1. The van der Waals surface area contributed by atoms with Crippen LogP contribution in [0.15, 0.2) is 4.52 Å².